The Hall–Kier alpha value is 0.01000. The molecule has 3 fully saturated rings. The van der Waals surface area contributed by atoms with Gasteiger partial charge in [0.2, 0.25) is 6.43 Å². The fourth-order valence-electron chi connectivity index (χ4n) is 5.55. The first kappa shape index (κ1) is 18.8. The first-order valence-electron chi connectivity index (χ1n) is 9.66. The topological polar surface area (TPSA) is 0 Å². The van der Waals surface area contributed by atoms with Crippen LogP contribution in [0.25, 0.3) is 0 Å². The zero-order valence-electron chi connectivity index (χ0n) is 14.2. The summed E-state index contributed by atoms with van der Waals surface area (Å²) in [7, 11) is 0. The van der Waals surface area contributed by atoms with E-state index in [-0.39, 0.29) is 18.8 Å². The van der Waals surface area contributed by atoms with Crippen LogP contribution in [0.4, 0.5) is 17.6 Å². The molecule has 3 rings (SSSR count). The molecule has 0 aromatic rings. The Morgan fingerprint density at radius 1 is 0.625 bits per heavy atom. The molecule has 0 amide bonds. The van der Waals surface area contributed by atoms with Crippen molar-refractivity contribution in [3.05, 3.63) is 0 Å². The van der Waals surface area contributed by atoms with Gasteiger partial charge in [-0.2, -0.15) is 0 Å². The summed E-state index contributed by atoms with van der Waals surface area (Å²) >= 11 is 6.18. The lowest BCUT2D eigenvalue weighted by molar-refractivity contribution is -0.0644. The van der Waals surface area contributed by atoms with Gasteiger partial charge in [-0.3, -0.25) is 0 Å². The third kappa shape index (κ3) is 4.22. The second-order valence-electron chi connectivity index (χ2n) is 8.36. The van der Waals surface area contributed by atoms with E-state index in [1.807, 2.05) is 0 Å². The minimum absolute atomic E-state index is 0.0514. The van der Waals surface area contributed by atoms with Crippen molar-refractivity contribution in [2.75, 3.05) is 0 Å². The average Bonchev–Trinajstić information content (AvgIpc) is 2.54. The van der Waals surface area contributed by atoms with Gasteiger partial charge in [-0.15, -0.1) is 11.6 Å². The Balaban J connectivity index is 1.48. The molecule has 0 heterocycles. The SMILES string of the molecule is FC(F)C1C(F)CC(C2CCC(C3CCC(Cl)CC3)CC2)CC1F. The van der Waals surface area contributed by atoms with Gasteiger partial charge < -0.3 is 0 Å². The van der Waals surface area contributed by atoms with Crippen molar-refractivity contribution >= 4 is 11.6 Å². The standard InChI is InChI=1S/C19H29ClF4/c20-15-7-5-12(6-8-15)11-1-3-13(4-2-11)14-9-16(21)18(19(23)24)17(22)10-14/h11-19H,1-10H2. The highest BCUT2D eigenvalue weighted by atomic mass is 35.5. The van der Waals surface area contributed by atoms with Crippen molar-refractivity contribution in [1.82, 2.24) is 0 Å². The second-order valence-corrected chi connectivity index (χ2v) is 8.98. The predicted octanol–water partition coefficient (Wildman–Crippen LogP) is 6.56. The maximum atomic E-state index is 14.0. The molecule has 0 saturated heterocycles. The van der Waals surface area contributed by atoms with E-state index in [1.165, 1.54) is 12.8 Å². The summed E-state index contributed by atoms with van der Waals surface area (Å²) in [6.45, 7) is 0. The third-order valence-corrected chi connectivity index (χ3v) is 7.47. The van der Waals surface area contributed by atoms with Gasteiger partial charge in [0.05, 0.1) is 5.92 Å². The molecule has 3 saturated carbocycles. The second kappa shape index (κ2) is 8.14. The van der Waals surface area contributed by atoms with E-state index >= 15 is 0 Å². The third-order valence-electron chi connectivity index (χ3n) is 7.03. The Kier molecular flexibility index (Phi) is 6.37. The van der Waals surface area contributed by atoms with Crippen LogP contribution in [0.1, 0.15) is 64.2 Å². The molecule has 2 atom stereocenters. The predicted molar refractivity (Wildman–Crippen MR) is 89.1 cm³/mol. The van der Waals surface area contributed by atoms with Gasteiger partial charge in [0, 0.05) is 5.38 Å². The van der Waals surface area contributed by atoms with E-state index in [1.54, 1.807) is 0 Å². The van der Waals surface area contributed by atoms with E-state index in [0.29, 0.717) is 11.3 Å². The molecule has 0 bridgehead atoms. The van der Waals surface area contributed by atoms with E-state index in [2.05, 4.69) is 0 Å². The van der Waals surface area contributed by atoms with Crippen molar-refractivity contribution in [1.29, 1.82) is 0 Å². The van der Waals surface area contributed by atoms with Gasteiger partial charge in [-0.05, 0) is 87.9 Å². The molecule has 0 aliphatic heterocycles. The zero-order chi connectivity index (χ0) is 17.3. The highest BCUT2D eigenvalue weighted by Crippen LogP contribution is 2.47. The monoisotopic (exact) mass is 368 g/mol. The van der Waals surface area contributed by atoms with Crippen molar-refractivity contribution in [2.24, 2.45) is 29.6 Å². The van der Waals surface area contributed by atoms with Crippen LogP contribution in [0.15, 0.2) is 0 Å². The smallest absolute Gasteiger partial charge is 0.247 e. The summed E-state index contributed by atoms with van der Waals surface area (Å²) < 4.78 is 53.6. The molecule has 0 radical (unpaired) electrons. The summed E-state index contributed by atoms with van der Waals surface area (Å²) in [4.78, 5) is 0. The van der Waals surface area contributed by atoms with Gasteiger partial charge in [0.15, 0.2) is 0 Å². The highest BCUT2D eigenvalue weighted by molar-refractivity contribution is 6.20. The van der Waals surface area contributed by atoms with E-state index < -0.39 is 24.7 Å². The number of rotatable bonds is 3. The van der Waals surface area contributed by atoms with Crippen LogP contribution in [0.5, 0.6) is 0 Å². The molecule has 0 aromatic carbocycles. The summed E-state index contributed by atoms with van der Waals surface area (Å²) in [6.07, 6.45) is 2.91. The fraction of sp³-hybridized carbons (Fsp3) is 1.00. The molecule has 3 aliphatic carbocycles. The lowest BCUT2D eigenvalue weighted by Crippen LogP contribution is -2.42. The first-order chi connectivity index (χ1) is 11.5. The van der Waals surface area contributed by atoms with Crippen molar-refractivity contribution in [3.63, 3.8) is 0 Å². The van der Waals surface area contributed by atoms with Gasteiger partial charge in [0.25, 0.3) is 0 Å². The molecule has 24 heavy (non-hydrogen) atoms. The van der Waals surface area contributed by atoms with Crippen LogP contribution in [-0.4, -0.2) is 24.1 Å². The Morgan fingerprint density at radius 3 is 1.42 bits per heavy atom. The fourth-order valence-corrected chi connectivity index (χ4v) is 5.81. The largest absolute Gasteiger partial charge is 0.247 e. The molecule has 0 aromatic heterocycles. The van der Waals surface area contributed by atoms with Gasteiger partial charge in [-0.25, -0.2) is 17.6 Å². The molecule has 2 unspecified atom stereocenters. The van der Waals surface area contributed by atoms with Crippen LogP contribution < -0.4 is 0 Å². The van der Waals surface area contributed by atoms with Crippen LogP contribution in [0, 0.1) is 29.6 Å². The average molecular weight is 369 g/mol. The van der Waals surface area contributed by atoms with Crippen molar-refractivity contribution in [2.45, 2.75) is 88.4 Å². The Bertz CT molecular complexity index is 377. The Morgan fingerprint density at radius 2 is 1.00 bits per heavy atom. The van der Waals surface area contributed by atoms with Crippen LogP contribution in [-0.2, 0) is 0 Å². The Labute approximate surface area is 147 Å². The maximum Gasteiger partial charge on any atom is 0.247 e. The van der Waals surface area contributed by atoms with Crippen molar-refractivity contribution < 1.29 is 17.6 Å². The van der Waals surface area contributed by atoms with Crippen LogP contribution in [0.2, 0.25) is 0 Å². The molecule has 0 N–H and O–H groups in total. The first-order valence-corrected chi connectivity index (χ1v) is 10.1. The molecule has 5 heteroatoms. The number of hydrogen-bond donors (Lipinski definition) is 0. The summed E-state index contributed by atoms with van der Waals surface area (Å²) in [5.74, 6) is 0.0529. The van der Waals surface area contributed by atoms with E-state index in [9.17, 15) is 17.6 Å². The normalized spacial score (nSPS) is 47.8. The number of alkyl halides is 5. The molecular weight excluding hydrogens is 340 g/mol. The highest BCUT2D eigenvalue weighted by Gasteiger charge is 2.46. The molecule has 0 spiro atoms. The summed E-state index contributed by atoms with van der Waals surface area (Å²) in [6, 6.07) is 0. The van der Waals surface area contributed by atoms with E-state index in [0.717, 1.165) is 50.4 Å². The lowest BCUT2D eigenvalue weighted by atomic mass is 9.65. The summed E-state index contributed by atoms with van der Waals surface area (Å²) in [5.41, 5.74) is 0. The molecule has 140 valence electrons. The van der Waals surface area contributed by atoms with E-state index in [4.69, 9.17) is 11.6 Å². The van der Waals surface area contributed by atoms with Gasteiger partial charge in [-0.1, -0.05) is 0 Å². The van der Waals surface area contributed by atoms with Gasteiger partial charge in [0.1, 0.15) is 12.3 Å². The van der Waals surface area contributed by atoms with Crippen LogP contribution >= 0.6 is 11.6 Å². The molecule has 0 nitrogen and oxygen atoms in total. The van der Waals surface area contributed by atoms with Gasteiger partial charge >= 0.3 is 0 Å². The zero-order valence-corrected chi connectivity index (χ0v) is 14.9. The van der Waals surface area contributed by atoms with Crippen molar-refractivity contribution in [3.8, 4) is 0 Å². The minimum atomic E-state index is -2.89. The lowest BCUT2D eigenvalue weighted by Gasteiger charge is -2.42. The molecular formula is C19H29ClF4. The molecule has 3 aliphatic rings. The minimum Gasteiger partial charge on any atom is -0.247 e. The van der Waals surface area contributed by atoms with Crippen LogP contribution in [0.3, 0.4) is 0 Å². The number of halogens is 5. The summed E-state index contributed by atoms with van der Waals surface area (Å²) in [5, 5.41) is 0.339. The number of hydrogen-bond acceptors (Lipinski definition) is 0. The quantitative estimate of drug-likeness (QED) is 0.391. The maximum absolute atomic E-state index is 14.0.